The number of hydrogen-bond acceptors (Lipinski definition) is 4. The largest absolute Gasteiger partial charge is 0.354 e. The molecule has 10 heavy (non-hydrogen) atoms. The van der Waals surface area contributed by atoms with Crippen LogP contribution in [-0.2, 0) is 0 Å². The van der Waals surface area contributed by atoms with Gasteiger partial charge in [0.1, 0.15) is 0 Å². The third-order valence-electron chi connectivity index (χ3n) is 1.08. The van der Waals surface area contributed by atoms with E-state index in [1.165, 1.54) is 11.3 Å². The molecule has 3 nitrogen and oxygen atoms in total. The van der Waals surface area contributed by atoms with Crippen LogP contribution in [0, 0.1) is 0 Å². The normalized spacial score (nSPS) is 10.0. The maximum absolute atomic E-state index is 4.88. The fraction of sp³-hybridized carbons (Fsp3) is 0. The van der Waals surface area contributed by atoms with Crippen molar-refractivity contribution in [1.29, 1.82) is 0 Å². The van der Waals surface area contributed by atoms with Gasteiger partial charge < -0.3 is 4.52 Å². The monoisotopic (exact) mass is 152 g/mol. The van der Waals surface area contributed by atoms with Crippen molar-refractivity contribution < 1.29 is 4.52 Å². The van der Waals surface area contributed by atoms with E-state index >= 15 is 0 Å². The molecule has 2 heterocycles. The van der Waals surface area contributed by atoms with Crippen LogP contribution < -0.4 is 0 Å². The molecular weight excluding hydrogens is 148 g/mol. The van der Waals surface area contributed by atoms with Gasteiger partial charge in [0.2, 0.25) is 0 Å². The van der Waals surface area contributed by atoms with Crippen LogP contribution in [0.1, 0.15) is 0 Å². The van der Waals surface area contributed by atoms with Gasteiger partial charge in [0.15, 0.2) is 10.8 Å². The quantitative estimate of drug-likeness (QED) is 0.625. The molecule has 2 rings (SSSR count). The van der Waals surface area contributed by atoms with Gasteiger partial charge in [-0.05, 0) is 0 Å². The first-order valence-electron chi connectivity index (χ1n) is 2.77. The van der Waals surface area contributed by atoms with Gasteiger partial charge in [0.25, 0.3) is 0 Å². The molecule has 0 atom stereocenters. The van der Waals surface area contributed by atoms with Gasteiger partial charge in [-0.1, -0.05) is 5.16 Å². The lowest BCUT2D eigenvalue weighted by molar-refractivity contribution is 0.432. The van der Waals surface area contributed by atoms with Crippen LogP contribution in [0.25, 0.3) is 10.8 Å². The van der Waals surface area contributed by atoms with Gasteiger partial charge in [0, 0.05) is 17.6 Å². The van der Waals surface area contributed by atoms with E-state index in [1.54, 1.807) is 18.5 Å². The molecule has 0 fully saturated rings. The Balaban J connectivity index is 2.48. The molecule has 0 N–H and O–H groups in total. The average molecular weight is 152 g/mol. The van der Waals surface area contributed by atoms with Crippen molar-refractivity contribution in [3.8, 4) is 10.8 Å². The zero-order chi connectivity index (χ0) is 6.81. The highest BCUT2D eigenvalue weighted by Gasteiger charge is 2.01. The second-order valence-corrected chi connectivity index (χ2v) is 2.61. The molecule has 0 saturated heterocycles. The highest BCUT2D eigenvalue weighted by atomic mass is 32.1. The summed E-state index contributed by atoms with van der Waals surface area (Å²) in [7, 11) is 0. The van der Waals surface area contributed by atoms with E-state index < -0.39 is 0 Å². The molecule has 2 aromatic heterocycles. The first-order chi connectivity index (χ1) is 4.97. The second-order valence-electron chi connectivity index (χ2n) is 1.71. The lowest BCUT2D eigenvalue weighted by Gasteiger charge is -1.81. The predicted octanol–water partition coefficient (Wildman–Crippen LogP) is 1.80. The summed E-state index contributed by atoms with van der Waals surface area (Å²) in [6.07, 6.45) is 3.35. The van der Waals surface area contributed by atoms with Crippen LogP contribution in [0.3, 0.4) is 0 Å². The van der Waals surface area contributed by atoms with Crippen molar-refractivity contribution >= 4 is 11.3 Å². The fourth-order valence-electron chi connectivity index (χ4n) is 0.671. The van der Waals surface area contributed by atoms with Gasteiger partial charge in [0.05, 0.1) is 6.20 Å². The molecule has 0 spiro atoms. The van der Waals surface area contributed by atoms with Crippen LogP contribution in [0.5, 0.6) is 0 Å². The Labute approximate surface area is 61.3 Å². The second kappa shape index (κ2) is 2.22. The van der Waals surface area contributed by atoms with Crippen LogP contribution >= 0.6 is 11.3 Å². The molecule has 0 aliphatic rings. The number of hydrogen-bond donors (Lipinski definition) is 0. The summed E-state index contributed by atoms with van der Waals surface area (Å²) in [5, 5.41) is 6.34. The minimum Gasteiger partial charge on any atom is -0.354 e. The third-order valence-corrected chi connectivity index (χ3v) is 1.87. The Morgan fingerprint density at radius 2 is 2.40 bits per heavy atom. The van der Waals surface area contributed by atoms with Crippen molar-refractivity contribution in [2.45, 2.75) is 0 Å². The molecule has 0 radical (unpaired) electrons. The third kappa shape index (κ3) is 0.823. The first kappa shape index (κ1) is 5.61. The number of rotatable bonds is 1. The number of aromatic nitrogens is 2. The highest BCUT2D eigenvalue weighted by molar-refractivity contribution is 7.13. The fourth-order valence-corrected chi connectivity index (χ4v) is 1.27. The van der Waals surface area contributed by atoms with E-state index in [-0.39, 0.29) is 0 Å². The molecule has 0 aliphatic carbocycles. The van der Waals surface area contributed by atoms with Gasteiger partial charge in [-0.3, -0.25) is 0 Å². The molecular formula is C6H4N2OS. The van der Waals surface area contributed by atoms with Gasteiger partial charge in [-0.15, -0.1) is 11.3 Å². The maximum atomic E-state index is 4.88. The number of thiazole rings is 1. The Bertz CT molecular complexity index is 255. The van der Waals surface area contributed by atoms with E-state index in [0.29, 0.717) is 0 Å². The zero-order valence-electron chi connectivity index (χ0n) is 5.02. The lowest BCUT2D eigenvalue weighted by atomic mass is 10.5. The van der Waals surface area contributed by atoms with E-state index in [4.69, 9.17) is 4.52 Å². The summed E-state index contributed by atoms with van der Waals surface area (Å²) in [6.45, 7) is 0. The van der Waals surface area contributed by atoms with Gasteiger partial charge in [-0.2, -0.15) is 0 Å². The summed E-state index contributed by atoms with van der Waals surface area (Å²) < 4.78 is 4.88. The van der Waals surface area contributed by atoms with Gasteiger partial charge >= 0.3 is 0 Å². The topological polar surface area (TPSA) is 38.9 Å². The van der Waals surface area contributed by atoms with E-state index in [2.05, 4.69) is 10.1 Å². The Kier molecular flexibility index (Phi) is 1.25. The summed E-state index contributed by atoms with van der Waals surface area (Å²) >= 11 is 1.54. The molecule has 0 aromatic carbocycles. The minimum absolute atomic E-state index is 0.731. The van der Waals surface area contributed by atoms with Crippen molar-refractivity contribution in [1.82, 2.24) is 10.1 Å². The van der Waals surface area contributed by atoms with Gasteiger partial charge in [-0.25, -0.2) is 4.98 Å². The first-order valence-corrected chi connectivity index (χ1v) is 3.65. The molecule has 0 amide bonds. The molecule has 0 unspecified atom stereocenters. The van der Waals surface area contributed by atoms with Crippen molar-refractivity contribution in [3.05, 3.63) is 23.8 Å². The van der Waals surface area contributed by atoms with Crippen LogP contribution in [-0.4, -0.2) is 10.1 Å². The number of nitrogens with zero attached hydrogens (tertiary/aromatic N) is 2. The smallest absolute Gasteiger partial charge is 0.195 e. The lowest BCUT2D eigenvalue weighted by Crippen LogP contribution is -1.66. The molecule has 2 aromatic rings. The van der Waals surface area contributed by atoms with Crippen molar-refractivity contribution in [2.75, 3.05) is 0 Å². The van der Waals surface area contributed by atoms with Crippen molar-refractivity contribution in [2.24, 2.45) is 0 Å². The minimum atomic E-state index is 0.731. The standard InChI is InChI=1S/C6H4N2OS/c1-2-8-9-5(1)6-7-3-4-10-6/h1-4H. The zero-order valence-corrected chi connectivity index (χ0v) is 5.84. The molecule has 4 heteroatoms. The molecule has 0 aliphatic heterocycles. The van der Waals surface area contributed by atoms with Crippen molar-refractivity contribution in [3.63, 3.8) is 0 Å². The van der Waals surface area contributed by atoms with E-state index in [1.807, 2.05) is 5.38 Å². The molecule has 0 saturated carbocycles. The van der Waals surface area contributed by atoms with E-state index in [0.717, 1.165) is 10.8 Å². The van der Waals surface area contributed by atoms with Crippen LogP contribution in [0.2, 0.25) is 0 Å². The van der Waals surface area contributed by atoms with Crippen LogP contribution in [0.4, 0.5) is 0 Å². The Morgan fingerprint density at radius 1 is 1.40 bits per heavy atom. The van der Waals surface area contributed by atoms with Crippen LogP contribution in [0.15, 0.2) is 28.4 Å². The maximum Gasteiger partial charge on any atom is 0.195 e. The van der Waals surface area contributed by atoms with E-state index in [9.17, 15) is 0 Å². The molecule has 0 bridgehead atoms. The summed E-state index contributed by atoms with van der Waals surface area (Å²) in [5.41, 5.74) is 0. The summed E-state index contributed by atoms with van der Waals surface area (Å²) in [5.74, 6) is 0.731. The Hall–Kier alpha value is -1.16. The highest BCUT2D eigenvalue weighted by Crippen LogP contribution is 2.19. The Morgan fingerprint density at radius 3 is 3.00 bits per heavy atom. The predicted molar refractivity (Wildman–Crippen MR) is 37.6 cm³/mol. The summed E-state index contributed by atoms with van der Waals surface area (Å²) in [4.78, 5) is 4.04. The average Bonchev–Trinajstić information content (AvgIpc) is 2.59. The SMILES string of the molecule is c1cc(-c2nccs2)on1. The molecule has 50 valence electrons. The summed E-state index contributed by atoms with van der Waals surface area (Å²) in [6, 6.07) is 1.79.